The van der Waals surface area contributed by atoms with Gasteiger partial charge in [-0.2, -0.15) is 0 Å². The molecule has 6 atom stereocenters. The molecule has 0 radical (unpaired) electrons. The quantitative estimate of drug-likeness (QED) is 0.227. The van der Waals surface area contributed by atoms with Crippen LogP contribution in [0.5, 0.6) is 0 Å². The lowest BCUT2D eigenvalue weighted by atomic mass is 9.63. The molecule has 1 aromatic carbocycles. The number of hydrogen-bond acceptors (Lipinski definition) is 5. The molecule has 8 heteroatoms. The number of rotatable bonds is 8. The number of benzene rings is 1. The molecule has 0 spiro atoms. The molecule has 3 fully saturated rings. The first-order valence-corrected chi connectivity index (χ1v) is 11.0. The smallest absolute Gasteiger partial charge is 0.269 e. The lowest BCUT2D eigenvalue weighted by Gasteiger charge is -2.37. The van der Waals surface area contributed by atoms with Crippen LogP contribution in [0.3, 0.4) is 0 Å². The highest BCUT2D eigenvalue weighted by atomic mass is 16.6. The lowest BCUT2D eigenvalue weighted by Crippen LogP contribution is -2.40. The van der Waals surface area contributed by atoms with Crippen LogP contribution in [-0.4, -0.2) is 34.1 Å². The van der Waals surface area contributed by atoms with Crippen LogP contribution in [0.15, 0.2) is 36.4 Å². The third-order valence-corrected chi connectivity index (χ3v) is 7.40. The molecular formula is C23H25N3O5. The standard InChI is InChI=1S/C23H25N3O5/c27-19(24-13-5-7-14(8-6-13)26(30)31)4-2-1-3-11-25-22(28)20-15-9-10-16(18-12-17(15)18)21(20)23(25)29/h5-10,15-18,20-21H,1-4,11-12H2,(H,24,27). The van der Waals surface area contributed by atoms with Gasteiger partial charge in [-0.15, -0.1) is 0 Å². The van der Waals surface area contributed by atoms with Crippen LogP contribution in [0.4, 0.5) is 11.4 Å². The number of nitro groups is 1. The fraction of sp³-hybridized carbons (Fsp3) is 0.522. The minimum Gasteiger partial charge on any atom is -0.326 e. The zero-order chi connectivity index (χ0) is 21.7. The van der Waals surface area contributed by atoms with E-state index in [2.05, 4.69) is 17.5 Å². The first-order chi connectivity index (χ1) is 15.0. The van der Waals surface area contributed by atoms with E-state index in [-0.39, 0.29) is 47.1 Å². The largest absolute Gasteiger partial charge is 0.326 e. The molecule has 1 aliphatic heterocycles. The Bertz CT molecular complexity index is 936. The van der Waals surface area contributed by atoms with E-state index in [1.807, 2.05) is 0 Å². The van der Waals surface area contributed by atoms with E-state index in [0.29, 0.717) is 43.3 Å². The Morgan fingerprint density at radius 3 is 2.19 bits per heavy atom. The van der Waals surface area contributed by atoms with Crippen molar-refractivity contribution in [1.29, 1.82) is 0 Å². The number of carbonyl (C=O) groups is 3. The average Bonchev–Trinajstić information content (AvgIpc) is 3.54. The Labute approximate surface area is 179 Å². The van der Waals surface area contributed by atoms with Crippen molar-refractivity contribution in [3.63, 3.8) is 0 Å². The number of unbranched alkanes of at least 4 members (excludes halogenated alkanes) is 2. The van der Waals surface area contributed by atoms with Crippen LogP contribution in [0.2, 0.25) is 0 Å². The summed E-state index contributed by atoms with van der Waals surface area (Å²) in [5.41, 5.74) is 0.498. The first-order valence-electron chi connectivity index (χ1n) is 11.0. The van der Waals surface area contributed by atoms with Gasteiger partial charge in [0, 0.05) is 30.8 Å². The van der Waals surface area contributed by atoms with Gasteiger partial charge < -0.3 is 5.32 Å². The van der Waals surface area contributed by atoms with Gasteiger partial charge in [-0.1, -0.05) is 18.6 Å². The van der Waals surface area contributed by atoms with Crippen LogP contribution in [0, 0.1) is 45.6 Å². The highest BCUT2D eigenvalue weighted by Crippen LogP contribution is 2.65. The second-order valence-electron chi connectivity index (χ2n) is 9.15. The van der Waals surface area contributed by atoms with Gasteiger partial charge >= 0.3 is 0 Å². The number of likely N-dealkylation sites (tertiary alicyclic amines) is 1. The molecule has 1 N–H and O–H groups in total. The molecule has 162 valence electrons. The third kappa shape index (κ3) is 3.43. The molecule has 5 aliphatic rings. The van der Waals surface area contributed by atoms with Crippen molar-refractivity contribution in [2.24, 2.45) is 35.5 Å². The molecule has 3 amide bonds. The summed E-state index contributed by atoms with van der Waals surface area (Å²) >= 11 is 0. The summed E-state index contributed by atoms with van der Waals surface area (Å²) < 4.78 is 0. The molecule has 1 saturated heterocycles. The molecule has 0 aromatic heterocycles. The number of hydrogen-bond donors (Lipinski definition) is 1. The molecule has 1 aromatic rings. The van der Waals surface area contributed by atoms with Gasteiger partial charge in [0.1, 0.15) is 0 Å². The van der Waals surface area contributed by atoms with Gasteiger partial charge in [0.25, 0.3) is 5.69 Å². The van der Waals surface area contributed by atoms with Gasteiger partial charge in [-0.25, -0.2) is 0 Å². The van der Waals surface area contributed by atoms with Crippen molar-refractivity contribution in [2.45, 2.75) is 32.1 Å². The zero-order valence-electron chi connectivity index (χ0n) is 17.1. The third-order valence-electron chi connectivity index (χ3n) is 7.40. The Morgan fingerprint density at radius 2 is 1.61 bits per heavy atom. The SMILES string of the molecule is O=C(CCCCCN1C(=O)C2C3C=CC(C4CC34)C2C1=O)Nc1ccc([N+](=O)[O-])cc1. The number of nitrogens with one attached hydrogen (secondary N) is 1. The molecule has 2 saturated carbocycles. The van der Waals surface area contributed by atoms with Crippen molar-refractivity contribution in [1.82, 2.24) is 4.90 Å². The minimum absolute atomic E-state index is 0.00983. The number of non-ortho nitro benzene ring substituents is 1. The van der Waals surface area contributed by atoms with Gasteiger partial charge in [0.2, 0.25) is 17.7 Å². The van der Waals surface area contributed by atoms with E-state index < -0.39 is 4.92 Å². The number of amides is 3. The van der Waals surface area contributed by atoms with Crippen LogP contribution in [0.25, 0.3) is 0 Å². The molecule has 2 bridgehead atoms. The molecule has 4 aliphatic carbocycles. The number of allylic oxidation sites excluding steroid dienone is 2. The number of carbonyl (C=O) groups excluding carboxylic acids is 3. The highest BCUT2D eigenvalue weighted by molar-refractivity contribution is 6.06. The van der Waals surface area contributed by atoms with Gasteiger partial charge in [-0.3, -0.25) is 29.4 Å². The zero-order valence-corrected chi connectivity index (χ0v) is 17.1. The van der Waals surface area contributed by atoms with Crippen LogP contribution in [0.1, 0.15) is 32.1 Å². The molecule has 31 heavy (non-hydrogen) atoms. The summed E-state index contributed by atoms with van der Waals surface area (Å²) in [6.07, 6.45) is 7.93. The molecule has 8 nitrogen and oxygen atoms in total. The summed E-state index contributed by atoms with van der Waals surface area (Å²) in [6.45, 7) is 0.434. The summed E-state index contributed by atoms with van der Waals surface area (Å²) in [4.78, 5) is 49.5. The van der Waals surface area contributed by atoms with E-state index in [0.717, 1.165) is 12.8 Å². The fourth-order valence-corrected chi connectivity index (χ4v) is 5.86. The van der Waals surface area contributed by atoms with Crippen molar-refractivity contribution in [2.75, 3.05) is 11.9 Å². The summed E-state index contributed by atoms with van der Waals surface area (Å²) in [5.74, 6) is 1.32. The maximum absolute atomic E-state index is 12.9. The fourth-order valence-electron chi connectivity index (χ4n) is 5.86. The topological polar surface area (TPSA) is 110 Å². The van der Waals surface area contributed by atoms with Crippen LogP contribution in [-0.2, 0) is 14.4 Å². The Hall–Kier alpha value is -3.03. The molecule has 6 rings (SSSR count). The maximum atomic E-state index is 12.9. The summed E-state index contributed by atoms with van der Waals surface area (Å²) in [7, 11) is 0. The van der Waals surface area contributed by atoms with E-state index in [9.17, 15) is 24.5 Å². The van der Waals surface area contributed by atoms with Crippen molar-refractivity contribution >= 4 is 29.1 Å². The van der Waals surface area contributed by atoms with E-state index in [1.54, 1.807) is 0 Å². The predicted octanol–water partition coefficient (Wildman–Crippen LogP) is 3.15. The van der Waals surface area contributed by atoms with Crippen molar-refractivity contribution in [3.8, 4) is 0 Å². The number of nitro benzene ring substituents is 1. The Balaban J connectivity index is 1.05. The number of anilines is 1. The second-order valence-corrected chi connectivity index (χ2v) is 9.15. The first kappa shape index (κ1) is 19.9. The summed E-state index contributed by atoms with van der Waals surface area (Å²) in [5, 5.41) is 13.4. The van der Waals surface area contributed by atoms with Crippen LogP contribution < -0.4 is 5.32 Å². The van der Waals surface area contributed by atoms with Gasteiger partial charge in [0.05, 0.1) is 16.8 Å². The minimum atomic E-state index is -0.486. The second kappa shape index (κ2) is 7.59. The van der Waals surface area contributed by atoms with E-state index in [1.165, 1.54) is 29.2 Å². The number of nitrogens with zero attached hydrogens (tertiary/aromatic N) is 2. The molecule has 6 unspecified atom stereocenters. The summed E-state index contributed by atoms with van der Waals surface area (Å²) in [6, 6.07) is 5.71. The lowest BCUT2D eigenvalue weighted by molar-refractivity contribution is -0.384. The Morgan fingerprint density at radius 1 is 1.00 bits per heavy atom. The Kier molecular flexibility index (Phi) is 4.87. The van der Waals surface area contributed by atoms with Crippen molar-refractivity contribution < 1.29 is 19.3 Å². The number of imide groups is 1. The maximum Gasteiger partial charge on any atom is 0.269 e. The normalized spacial score (nSPS) is 32.1. The van der Waals surface area contributed by atoms with Crippen LogP contribution >= 0.6 is 0 Å². The van der Waals surface area contributed by atoms with E-state index in [4.69, 9.17) is 0 Å². The predicted molar refractivity (Wildman–Crippen MR) is 112 cm³/mol. The molecule has 1 heterocycles. The van der Waals surface area contributed by atoms with Crippen molar-refractivity contribution in [3.05, 3.63) is 46.5 Å². The molecular weight excluding hydrogens is 398 g/mol. The monoisotopic (exact) mass is 423 g/mol. The van der Waals surface area contributed by atoms with E-state index >= 15 is 0 Å². The van der Waals surface area contributed by atoms with Gasteiger partial charge in [-0.05, 0) is 55.1 Å². The van der Waals surface area contributed by atoms with Gasteiger partial charge in [0.15, 0.2) is 0 Å². The average molecular weight is 423 g/mol. The highest BCUT2D eigenvalue weighted by Gasteiger charge is 2.66.